The molecule has 0 spiro atoms. The highest BCUT2D eigenvalue weighted by Gasteiger charge is 2.35. The first-order valence-electron chi connectivity index (χ1n) is 11.6. The number of urea groups is 1. The van der Waals surface area contributed by atoms with Crippen LogP contribution in [0.15, 0.2) is 70.8 Å². The molecule has 10 heteroatoms. The number of amides is 2. The summed E-state index contributed by atoms with van der Waals surface area (Å²) in [6.07, 6.45) is 0. The van der Waals surface area contributed by atoms with Crippen LogP contribution in [0.3, 0.4) is 0 Å². The van der Waals surface area contributed by atoms with Crippen LogP contribution in [0.4, 0.5) is 4.79 Å². The summed E-state index contributed by atoms with van der Waals surface area (Å²) in [6.45, 7) is 5.70. The number of carbonyl (C=O) groups is 2. The highest BCUT2D eigenvalue weighted by molar-refractivity contribution is 7.89. The zero-order chi connectivity index (χ0) is 25.0. The molecule has 2 heterocycles. The Balaban J connectivity index is 1.53. The Kier molecular flexibility index (Phi) is 7.54. The number of hydrogen-bond acceptors (Lipinski definition) is 6. The number of aryl methyl sites for hydroxylation is 1. The average Bonchev–Trinajstić information content (AvgIpc) is 2.85. The number of ether oxygens (including phenoxy) is 1. The predicted octanol–water partition coefficient (Wildman–Crippen LogP) is 2.17. The van der Waals surface area contributed by atoms with Gasteiger partial charge in [0.1, 0.15) is 0 Å². The van der Waals surface area contributed by atoms with Gasteiger partial charge in [-0.25, -0.2) is 18.0 Å². The van der Waals surface area contributed by atoms with Crippen LogP contribution < -0.4 is 10.6 Å². The summed E-state index contributed by atoms with van der Waals surface area (Å²) in [6, 6.07) is 15.0. The molecule has 2 N–H and O–H groups in total. The van der Waals surface area contributed by atoms with E-state index in [-0.39, 0.29) is 11.5 Å². The van der Waals surface area contributed by atoms with E-state index in [1.165, 1.54) is 4.31 Å². The van der Waals surface area contributed by atoms with Crippen LogP contribution in [0.5, 0.6) is 0 Å². The van der Waals surface area contributed by atoms with E-state index in [1.54, 1.807) is 31.2 Å². The lowest BCUT2D eigenvalue weighted by atomic mass is 9.95. The Bertz CT molecular complexity index is 1200. The number of rotatable bonds is 7. The van der Waals surface area contributed by atoms with Gasteiger partial charge >= 0.3 is 12.0 Å². The van der Waals surface area contributed by atoms with Crippen LogP contribution in [-0.4, -0.2) is 69.0 Å². The summed E-state index contributed by atoms with van der Waals surface area (Å²) in [7, 11) is -3.58. The van der Waals surface area contributed by atoms with E-state index in [4.69, 9.17) is 4.74 Å². The van der Waals surface area contributed by atoms with Crippen molar-refractivity contribution in [1.82, 2.24) is 19.8 Å². The lowest BCUT2D eigenvalue weighted by Crippen LogP contribution is -2.52. The minimum Gasteiger partial charge on any atom is -0.463 e. The quantitative estimate of drug-likeness (QED) is 0.567. The van der Waals surface area contributed by atoms with Gasteiger partial charge in [-0.1, -0.05) is 48.0 Å². The lowest BCUT2D eigenvalue weighted by molar-refractivity contribution is -0.139. The van der Waals surface area contributed by atoms with E-state index in [0.29, 0.717) is 44.0 Å². The Morgan fingerprint density at radius 1 is 1.03 bits per heavy atom. The number of hydrogen-bond donors (Lipinski definition) is 2. The third kappa shape index (κ3) is 5.55. The SMILES string of the molecule is CCOC(=O)C1=C(CN2CCN(S(=O)(=O)c3ccc(C)cc3)CC2)NC(=O)NC1c1ccccc1. The summed E-state index contributed by atoms with van der Waals surface area (Å²) in [5.74, 6) is -0.496. The maximum atomic E-state index is 13.0. The lowest BCUT2D eigenvalue weighted by Gasteiger charge is -2.36. The van der Waals surface area contributed by atoms with Crippen molar-refractivity contribution in [2.45, 2.75) is 24.8 Å². The fraction of sp³-hybridized carbons (Fsp3) is 0.360. The van der Waals surface area contributed by atoms with Gasteiger partial charge in [-0.15, -0.1) is 0 Å². The molecule has 1 atom stereocenters. The third-order valence-corrected chi connectivity index (χ3v) is 8.07. The van der Waals surface area contributed by atoms with Crippen molar-refractivity contribution >= 4 is 22.0 Å². The molecule has 2 aromatic rings. The summed E-state index contributed by atoms with van der Waals surface area (Å²) >= 11 is 0. The van der Waals surface area contributed by atoms with Crippen molar-refractivity contribution in [2.75, 3.05) is 39.3 Å². The number of nitrogens with zero attached hydrogens (tertiary/aromatic N) is 2. The first-order valence-corrected chi connectivity index (χ1v) is 13.1. The first-order chi connectivity index (χ1) is 16.8. The second kappa shape index (κ2) is 10.6. The molecule has 1 unspecified atom stereocenters. The molecule has 2 aliphatic rings. The molecule has 0 saturated carbocycles. The van der Waals surface area contributed by atoms with Crippen LogP contribution >= 0.6 is 0 Å². The molecular weight excluding hydrogens is 468 g/mol. The molecule has 2 aliphatic heterocycles. The van der Waals surface area contributed by atoms with E-state index in [0.717, 1.165) is 11.1 Å². The molecule has 1 fully saturated rings. The van der Waals surface area contributed by atoms with Crippen molar-refractivity contribution in [3.05, 3.63) is 77.0 Å². The highest BCUT2D eigenvalue weighted by atomic mass is 32.2. The van der Waals surface area contributed by atoms with Crippen molar-refractivity contribution < 1.29 is 22.7 Å². The van der Waals surface area contributed by atoms with Crippen molar-refractivity contribution in [3.8, 4) is 0 Å². The molecule has 2 aromatic carbocycles. The standard InChI is InChI=1S/C25H30N4O5S/c1-3-34-24(30)22-21(26-25(31)27-23(22)19-7-5-4-6-8-19)17-28-13-15-29(16-14-28)35(32,33)20-11-9-18(2)10-12-20/h4-12,23H,3,13-17H2,1-2H3,(H2,26,27,31). The largest absolute Gasteiger partial charge is 0.463 e. The van der Waals surface area contributed by atoms with Crippen molar-refractivity contribution in [1.29, 1.82) is 0 Å². The third-order valence-electron chi connectivity index (χ3n) is 6.15. The van der Waals surface area contributed by atoms with Gasteiger partial charge in [0.05, 0.1) is 23.1 Å². The molecule has 2 amide bonds. The summed E-state index contributed by atoms with van der Waals surface area (Å²) in [5, 5.41) is 5.60. The number of carbonyl (C=O) groups excluding carboxylic acids is 2. The molecular formula is C25H30N4O5S. The number of piperazine rings is 1. The molecule has 9 nitrogen and oxygen atoms in total. The number of benzene rings is 2. The molecule has 0 bridgehead atoms. The van der Waals surface area contributed by atoms with Crippen LogP contribution in [0.25, 0.3) is 0 Å². The molecule has 4 rings (SSSR count). The van der Waals surface area contributed by atoms with Crippen molar-refractivity contribution in [3.63, 3.8) is 0 Å². The molecule has 0 aromatic heterocycles. The Hall–Kier alpha value is -3.21. The number of nitrogens with one attached hydrogen (secondary N) is 2. The van der Waals surface area contributed by atoms with E-state index in [1.807, 2.05) is 42.2 Å². The predicted molar refractivity (Wildman–Crippen MR) is 131 cm³/mol. The van der Waals surface area contributed by atoms with Gasteiger partial charge in [0.15, 0.2) is 0 Å². The van der Waals surface area contributed by atoms with Gasteiger partial charge in [-0.3, -0.25) is 4.90 Å². The average molecular weight is 499 g/mol. The zero-order valence-corrected chi connectivity index (χ0v) is 20.7. The van der Waals surface area contributed by atoms with E-state index < -0.39 is 28.1 Å². The smallest absolute Gasteiger partial charge is 0.338 e. The second-order valence-corrected chi connectivity index (χ2v) is 10.5. The van der Waals surface area contributed by atoms with Crippen LogP contribution in [0, 0.1) is 6.92 Å². The maximum Gasteiger partial charge on any atom is 0.338 e. The van der Waals surface area contributed by atoms with E-state index in [9.17, 15) is 18.0 Å². The second-order valence-electron chi connectivity index (χ2n) is 8.55. The van der Waals surface area contributed by atoms with E-state index >= 15 is 0 Å². The fourth-order valence-corrected chi connectivity index (χ4v) is 5.72. The zero-order valence-electron chi connectivity index (χ0n) is 19.9. The molecule has 35 heavy (non-hydrogen) atoms. The van der Waals surface area contributed by atoms with Gasteiger partial charge in [-0.05, 0) is 31.5 Å². The molecule has 186 valence electrons. The van der Waals surface area contributed by atoms with Crippen molar-refractivity contribution in [2.24, 2.45) is 0 Å². The summed E-state index contributed by atoms with van der Waals surface area (Å²) in [4.78, 5) is 27.7. The normalized spacial score (nSPS) is 19.7. The monoisotopic (exact) mass is 498 g/mol. The van der Waals surface area contributed by atoms with Gasteiger partial charge in [0, 0.05) is 38.4 Å². The van der Waals surface area contributed by atoms with Crippen LogP contribution in [-0.2, 0) is 19.6 Å². The van der Waals surface area contributed by atoms with E-state index in [2.05, 4.69) is 10.6 Å². The van der Waals surface area contributed by atoms with Gasteiger partial charge in [0.2, 0.25) is 10.0 Å². The van der Waals surface area contributed by atoms with Crippen LogP contribution in [0.2, 0.25) is 0 Å². The Morgan fingerprint density at radius 2 is 1.69 bits per heavy atom. The Labute approximate surface area is 205 Å². The fourth-order valence-electron chi connectivity index (χ4n) is 4.30. The molecule has 0 radical (unpaired) electrons. The molecule has 1 saturated heterocycles. The summed E-state index contributed by atoms with van der Waals surface area (Å²) < 4.78 is 32.8. The van der Waals surface area contributed by atoms with Gasteiger partial charge in [-0.2, -0.15) is 4.31 Å². The first kappa shape index (κ1) is 24.9. The van der Waals surface area contributed by atoms with Gasteiger partial charge < -0.3 is 15.4 Å². The minimum atomic E-state index is -3.58. The number of esters is 1. The van der Waals surface area contributed by atoms with Gasteiger partial charge in [0.25, 0.3) is 0 Å². The highest BCUT2D eigenvalue weighted by Crippen LogP contribution is 2.28. The Morgan fingerprint density at radius 3 is 2.31 bits per heavy atom. The minimum absolute atomic E-state index is 0.209. The maximum absolute atomic E-state index is 13.0. The number of sulfonamides is 1. The topological polar surface area (TPSA) is 108 Å². The summed E-state index contributed by atoms with van der Waals surface area (Å²) in [5.41, 5.74) is 2.59. The van der Waals surface area contributed by atoms with Crippen LogP contribution in [0.1, 0.15) is 24.1 Å². The molecule has 0 aliphatic carbocycles.